The van der Waals surface area contributed by atoms with E-state index in [1.165, 1.54) is 0 Å². The fourth-order valence-corrected chi connectivity index (χ4v) is 1.68. The van der Waals surface area contributed by atoms with Gasteiger partial charge in [-0.3, -0.25) is 0 Å². The van der Waals surface area contributed by atoms with E-state index in [0.29, 0.717) is 5.82 Å². The van der Waals surface area contributed by atoms with Crippen LogP contribution in [0.15, 0.2) is 18.6 Å². The number of anilines is 2. The molecule has 2 rings (SSSR count). The predicted octanol–water partition coefficient (Wildman–Crippen LogP) is 0.861. The lowest BCUT2D eigenvalue weighted by Crippen LogP contribution is -2.21. The molecule has 0 saturated heterocycles. The normalized spacial score (nSPS) is 10.7. The minimum Gasteiger partial charge on any atom is -0.357 e. The summed E-state index contributed by atoms with van der Waals surface area (Å²) in [5.74, 6) is 6.85. The summed E-state index contributed by atoms with van der Waals surface area (Å²) in [6.45, 7) is 3.06. The first-order valence-electron chi connectivity index (χ1n) is 5.27. The number of imidazole rings is 1. The SMILES string of the molecule is CCCN(C)c1nc(NN)cn2ccnc12. The molecule has 0 amide bonds. The molecule has 0 aromatic carbocycles. The van der Waals surface area contributed by atoms with Crippen LogP contribution in [0, 0.1) is 0 Å². The molecule has 0 atom stereocenters. The number of hydrogen-bond acceptors (Lipinski definition) is 5. The van der Waals surface area contributed by atoms with Gasteiger partial charge in [0.1, 0.15) is 0 Å². The zero-order valence-corrected chi connectivity index (χ0v) is 9.51. The third-order valence-electron chi connectivity index (χ3n) is 2.42. The van der Waals surface area contributed by atoms with Gasteiger partial charge in [-0.1, -0.05) is 6.92 Å². The smallest absolute Gasteiger partial charge is 0.180 e. The van der Waals surface area contributed by atoms with Crippen LogP contribution >= 0.6 is 0 Å². The molecule has 2 heterocycles. The largest absolute Gasteiger partial charge is 0.357 e. The van der Waals surface area contributed by atoms with Gasteiger partial charge in [0.2, 0.25) is 0 Å². The average molecular weight is 220 g/mol. The molecule has 0 bridgehead atoms. The highest BCUT2D eigenvalue weighted by molar-refractivity contribution is 5.66. The standard InChI is InChI=1S/C10H16N6/c1-3-5-15(2)10-9-12-4-6-16(9)7-8(13-10)14-11/h4,6-7,14H,3,5,11H2,1-2H3. The Morgan fingerprint density at radius 3 is 3.06 bits per heavy atom. The van der Waals surface area contributed by atoms with Crippen LogP contribution in [-0.4, -0.2) is 28.0 Å². The number of nitrogens with one attached hydrogen (secondary N) is 1. The lowest BCUT2D eigenvalue weighted by molar-refractivity contribution is 0.836. The third kappa shape index (κ3) is 1.79. The summed E-state index contributed by atoms with van der Waals surface area (Å²) in [5.41, 5.74) is 3.40. The average Bonchev–Trinajstić information content (AvgIpc) is 2.75. The van der Waals surface area contributed by atoms with E-state index in [0.717, 1.165) is 24.4 Å². The van der Waals surface area contributed by atoms with Gasteiger partial charge in [-0.2, -0.15) is 0 Å². The molecule has 3 N–H and O–H groups in total. The highest BCUT2D eigenvalue weighted by Gasteiger charge is 2.10. The van der Waals surface area contributed by atoms with Gasteiger partial charge in [0.15, 0.2) is 17.3 Å². The van der Waals surface area contributed by atoms with Gasteiger partial charge >= 0.3 is 0 Å². The summed E-state index contributed by atoms with van der Waals surface area (Å²) < 4.78 is 1.91. The maximum absolute atomic E-state index is 5.39. The molecule has 86 valence electrons. The Morgan fingerprint density at radius 2 is 2.38 bits per heavy atom. The highest BCUT2D eigenvalue weighted by Crippen LogP contribution is 2.19. The van der Waals surface area contributed by atoms with Gasteiger partial charge in [-0.15, -0.1) is 0 Å². The molecule has 0 radical (unpaired) electrons. The summed E-state index contributed by atoms with van der Waals surface area (Å²) in [7, 11) is 2.00. The van der Waals surface area contributed by atoms with Crippen molar-refractivity contribution >= 4 is 17.3 Å². The Balaban J connectivity index is 2.51. The van der Waals surface area contributed by atoms with Gasteiger partial charge < -0.3 is 14.7 Å². The number of rotatable bonds is 4. The van der Waals surface area contributed by atoms with Crippen LogP contribution in [0.5, 0.6) is 0 Å². The Morgan fingerprint density at radius 1 is 1.56 bits per heavy atom. The van der Waals surface area contributed by atoms with E-state index in [9.17, 15) is 0 Å². The highest BCUT2D eigenvalue weighted by atomic mass is 15.3. The summed E-state index contributed by atoms with van der Waals surface area (Å²) in [5, 5.41) is 0. The van der Waals surface area contributed by atoms with Crippen molar-refractivity contribution in [3.63, 3.8) is 0 Å². The van der Waals surface area contributed by atoms with E-state index in [2.05, 4.69) is 27.2 Å². The monoisotopic (exact) mass is 220 g/mol. The van der Waals surface area contributed by atoms with Crippen LogP contribution in [0.3, 0.4) is 0 Å². The number of nitrogen functional groups attached to an aromatic ring is 1. The number of hydrazine groups is 1. The van der Waals surface area contributed by atoms with Crippen molar-refractivity contribution in [3.05, 3.63) is 18.6 Å². The van der Waals surface area contributed by atoms with Crippen molar-refractivity contribution in [1.29, 1.82) is 0 Å². The predicted molar refractivity (Wildman–Crippen MR) is 64.4 cm³/mol. The van der Waals surface area contributed by atoms with Crippen molar-refractivity contribution < 1.29 is 0 Å². The maximum Gasteiger partial charge on any atom is 0.180 e. The second kappa shape index (κ2) is 4.36. The molecular weight excluding hydrogens is 204 g/mol. The number of hydrogen-bond donors (Lipinski definition) is 2. The van der Waals surface area contributed by atoms with Gasteiger partial charge in [-0.25, -0.2) is 15.8 Å². The van der Waals surface area contributed by atoms with E-state index in [1.54, 1.807) is 6.20 Å². The molecule has 6 heteroatoms. The number of nitrogens with two attached hydrogens (primary N) is 1. The first-order chi connectivity index (χ1) is 7.76. The van der Waals surface area contributed by atoms with Gasteiger partial charge in [0.25, 0.3) is 0 Å². The molecule has 0 spiro atoms. The molecule has 0 aliphatic heterocycles. The van der Waals surface area contributed by atoms with Crippen LogP contribution in [0.25, 0.3) is 5.65 Å². The van der Waals surface area contributed by atoms with Crippen LogP contribution in [0.2, 0.25) is 0 Å². The van der Waals surface area contributed by atoms with Crippen LogP contribution < -0.4 is 16.2 Å². The second-order valence-electron chi connectivity index (χ2n) is 3.67. The molecule has 0 aliphatic rings. The second-order valence-corrected chi connectivity index (χ2v) is 3.67. The summed E-state index contributed by atoms with van der Waals surface area (Å²) in [4.78, 5) is 10.8. The Kier molecular flexibility index (Phi) is 2.91. The quantitative estimate of drug-likeness (QED) is 0.590. The fraction of sp³-hybridized carbons (Fsp3) is 0.400. The molecule has 2 aromatic heterocycles. The van der Waals surface area contributed by atoms with Crippen LogP contribution in [0.1, 0.15) is 13.3 Å². The summed E-state index contributed by atoms with van der Waals surface area (Å²) >= 11 is 0. The lowest BCUT2D eigenvalue weighted by atomic mass is 10.4. The molecule has 0 fully saturated rings. The molecular formula is C10H16N6. The molecule has 0 unspecified atom stereocenters. The summed E-state index contributed by atoms with van der Waals surface area (Å²) in [6.07, 6.45) is 6.50. The van der Waals surface area contributed by atoms with Gasteiger partial charge in [0.05, 0.1) is 6.20 Å². The molecule has 0 saturated carbocycles. The molecule has 6 nitrogen and oxygen atoms in total. The number of fused-ring (bicyclic) bond motifs is 1. The van der Waals surface area contributed by atoms with E-state index in [1.807, 2.05) is 23.8 Å². The van der Waals surface area contributed by atoms with Crippen molar-refractivity contribution in [2.75, 3.05) is 23.9 Å². The molecule has 2 aromatic rings. The van der Waals surface area contributed by atoms with Crippen molar-refractivity contribution in [2.45, 2.75) is 13.3 Å². The van der Waals surface area contributed by atoms with E-state index in [4.69, 9.17) is 5.84 Å². The minimum atomic E-state index is 0.628. The molecule has 0 aliphatic carbocycles. The van der Waals surface area contributed by atoms with E-state index >= 15 is 0 Å². The summed E-state index contributed by atoms with van der Waals surface area (Å²) in [6, 6.07) is 0. The topological polar surface area (TPSA) is 71.5 Å². The Bertz CT molecular complexity index is 477. The Hall–Kier alpha value is -1.82. The van der Waals surface area contributed by atoms with Crippen molar-refractivity contribution in [1.82, 2.24) is 14.4 Å². The minimum absolute atomic E-state index is 0.628. The number of nitrogens with zero attached hydrogens (tertiary/aromatic N) is 4. The fourth-order valence-electron chi connectivity index (χ4n) is 1.68. The van der Waals surface area contributed by atoms with Crippen LogP contribution in [-0.2, 0) is 0 Å². The Labute approximate surface area is 94.1 Å². The van der Waals surface area contributed by atoms with Gasteiger partial charge in [0, 0.05) is 26.0 Å². The van der Waals surface area contributed by atoms with Crippen molar-refractivity contribution in [2.24, 2.45) is 5.84 Å². The first-order valence-corrected chi connectivity index (χ1v) is 5.27. The van der Waals surface area contributed by atoms with E-state index in [-0.39, 0.29) is 0 Å². The zero-order chi connectivity index (χ0) is 11.5. The zero-order valence-electron chi connectivity index (χ0n) is 9.51. The lowest BCUT2D eigenvalue weighted by Gasteiger charge is -2.18. The molecule has 16 heavy (non-hydrogen) atoms. The number of aromatic nitrogens is 3. The van der Waals surface area contributed by atoms with Crippen molar-refractivity contribution in [3.8, 4) is 0 Å². The maximum atomic E-state index is 5.39. The first kappa shape index (κ1) is 10.7. The van der Waals surface area contributed by atoms with Crippen LogP contribution in [0.4, 0.5) is 11.6 Å². The van der Waals surface area contributed by atoms with Gasteiger partial charge in [-0.05, 0) is 6.42 Å². The third-order valence-corrected chi connectivity index (χ3v) is 2.42. The van der Waals surface area contributed by atoms with E-state index < -0.39 is 0 Å².